The first-order chi connectivity index (χ1) is 21.5. The lowest BCUT2D eigenvalue weighted by Gasteiger charge is -2.33. The molecule has 1 atom stereocenters. The van der Waals surface area contributed by atoms with E-state index < -0.39 is 41.3 Å². The van der Waals surface area contributed by atoms with Gasteiger partial charge in [0, 0.05) is 46.3 Å². The van der Waals surface area contributed by atoms with E-state index in [-0.39, 0.29) is 58.6 Å². The van der Waals surface area contributed by atoms with Gasteiger partial charge in [-0.05, 0) is 61.7 Å². The molecule has 0 bridgehead atoms. The summed E-state index contributed by atoms with van der Waals surface area (Å²) in [6, 6.07) is 12.0. The molecule has 0 aromatic heterocycles. The van der Waals surface area contributed by atoms with Gasteiger partial charge in [0.1, 0.15) is 35.8 Å². The van der Waals surface area contributed by atoms with Crippen LogP contribution in [0.15, 0.2) is 53.4 Å². The van der Waals surface area contributed by atoms with Crippen LogP contribution in [0.5, 0.6) is 5.75 Å². The van der Waals surface area contributed by atoms with Crippen molar-refractivity contribution in [1.29, 1.82) is 5.26 Å². The molecule has 2 aliphatic rings. The average molecular weight is 639 g/mol. The van der Waals surface area contributed by atoms with Gasteiger partial charge in [-0.15, -0.1) is 11.8 Å². The number of nitrogens with two attached hydrogens (primary N) is 1. The fourth-order valence-corrected chi connectivity index (χ4v) is 6.73. The van der Waals surface area contributed by atoms with E-state index in [4.69, 9.17) is 20.8 Å². The van der Waals surface area contributed by atoms with Gasteiger partial charge in [-0.3, -0.25) is 14.4 Å². The van der Waals surface area contributed by atoms with Crippen molar-refractivity contribution in [3.8, 4) is 11.8 Å². The number of piperidine rings is 1. The van der Waals surface area contributed by atoms with Crippen molar-refractivity contribution in [1.82, 2.24) is 4.90 Å². The predicted octanol–water partition coefficient (Wildman–Crippen LogP) is 4.99. The Labute approximate surface area is 261 Å². The van der Waals surface area contributed by atoms with Crippen LogP contribution in [0.1, 0.15) is 52.7 Å². The Morgan fingerprint density at radius 1 is 1.09 bits per heavy atom. The number of benzene rings is 3. The van der Waals surface area contributed by atoms with Gasteiger partial charge in [-0.2, -0.15) is 5.26 Å². The van der Waals surface area contributed by atoms with E-state index in [9.17, 15) is 18.8 Å². The molecule has 0 aliphatic carbocycles. The van der Waals surface area contributed by atoms with Gasteiger partial charge in [0.15, 0.2) is 0 Å². The number of primary amides is 1. The molecule has 1 unspecified atom stereocenters. The summed E-state index contributed by atoms with van der Waals surface area (Å²) in [4.78, 5) is 39.3. The minimum absolute atomic E-state index is 0.00851. The number of carboxylic acid groups (broad SMARTS) is 1. The molecule has 1 saturated heterocycles. The topological polar surface area (TPSA) is 137 Å². The second-order valence-corrected chi connectivity index (χ2v) is 12.2. The van der Waals surface area contributed by atoms with E-state index in [2.05, 4.69) is 0 Å². The highest BCUT2D eigenvalue weighted by atomic mass is 32.2. The molecule has 13 heteroatoms. The van der Waals surface area contributed by atoms with Gasteiger partial charge in [-0.1, -0.05) is 6.07 Å². The lowest BCUT2D eigenvalue weighted by atomic mass is 10.1. The summed E-state index contributed by atoms with van der Waals surface area (Å²) in [5.74, 6) is -3.96. The third kappa shape index (κ3) is 7.01. The van der Waals surface area contributed by atoms with Gasteiger partial charge in [0.25, 0.3) is 5.91 Å². The summed E-state index contributed by atoms with van der Waals surface area (Å²) in [5, 5.41) is 18.0. The molecule has 9 nitrogen and oxygen atoms in total. The number of aliphatic carboxylic acids is 1. The molecular weight excluding hydrogens is 609 g/mol. The molecule has 2 amide bonds. The molecule has 0 spiro atoms. The second-order valence-electron chi connectivity index (χ2n) is 10.8. The van der Waals surface area contributed by atoms with E-state index >= 15 is 8.78 Å². The molecule has 2 heterocycles. The van der Waals surface area contributed by atoms with Crippen molar-refractivity contribution in [3.05, 3.63) is 88.2 Å². The Morgan fingerprint density at radius 3 is 2.51 bits per heavy atom. The molecule has 3 aromatic rings. The molecule has 0 radical (unpaired) electrons. The zero-order chi connectivity index (χ0) is 32.2. The maximum Gasteiger partial charge on any atom is 0.303 e. The Morgan fingerprint density at radius 2 is 1.84 bits per heavy atom. The van der Waals surface area contributed by atoms with Gasteiger partial charge >= 0.3 is 5.97 Å². The number of thioether (sulfide) groups is 1. The predicted molar refractivity (Wildman–Crippen MR) is 159 cm³/mol. The van der Waals surface area contributed by atoms with Gasteiger partial charge in [0.05, 0.1) is 23.9 Å². The van der Waals surface area contributed by atoms with Crippen LogP contribution in [0.25, 0.3) is 0 Å². The number of anilines is 1. The largest absolute Gasteiger partial charge is 0.488 e. The standard InChI is InChI=1S/C32H29F3N4O5S/c33-23-14-29(45-20-8-10-38(11-9-20)26-5-4-18(15-36)12-24(26)34)25(35)13-19(23)17-44-28-3-1-2-21-22(28)16-39(32(21)43)27(31(37)42)6-7-30(40)41/h1-5,12-14,20,27H,6-11,16-17H2,(H2,37,42)(H,40,41). The molecule has 3 N–H and O–H groups in total. The number of hydrogen-bond acceptors (Lipinski definition) is 7. The number of carbonyl (C=O) groups excluding carboxylic acids is 2. The molecule has 1 fully saturated rings. The van der Waals surface area contributed by atoms with Crippen molar-refractivity contribution in [2.24, 2.45) is 5.73 Å². The average Bonchev–Trinajstić information content (AvgIpc) is 3.34. The van der Waals surface area contributed by atoms with Crippen LogP contribution < -0.4 is 15.4 Å². The van der Waals surface area contributed by atoms with E-state index in [0.717, 1.165) is 12.1 Å². The van der Waals surface area contributed by atoms with Crippen molar-refractivity contribution < 1.29 is 37.4 Å². The summed E-state index contributed by atoms with van der Waals surface area (Å²) >= 11 is 1.23. The summed E-state index contributed by atoms with van der Waals surface area (Å²) < 4.78 is 50.5. The number of rotatable bonds is 11. The number of halogens is 3. The van der Waals surface area contributed by atoms with Crippen LogP contribution in [0.3, 0.4) is 0 Å². The van der Waals surface area contributed by atoms with Crippen LogP contribution in [0, 0.1) is 28.8 Å². The Bertz CT molecular complexity index is 1690. The highest BCUT2D eigenvalue weighted by Crippen LogP contribution is 2.36. The highest BCUT2D eigenvalue weighted by molar-refractivity contribution is 8.00. The number of fused-ring (bicyclic) bond motifs is 1. The number of nitriles is 1. The summed E-state index contributed by atoms with van der Waals surface area (Å²) in [5.41, 5.74) is 6.76. The summed E-state index contributed by atoms with van der Waals surface area (Å²) in [7, 11) is 0. The van der Waals surface area contributed by atoms with E-state index in [1.165, 1.54) is 28.8 Å². The maximum absolute atomic E-state index is 15.1. The summed E-state index contributed by atoms with van der Waals surface area (Å²) in [6.45, 7) is 0.668. The number of ether oxygens (including phenoxy) is 1. The van der Waals surface area contributed by atoms with Crippen LogP contribution in [-0.4, -0.2) is 52.2 Å². The Hall–Kier alpha value is -4.70. The van der Waals surface area contributed by atoms with Crippen molar-refractivity contribution in [3.63, 3.8) is 0 Å². The van der Waals surface area contributed by atoms with E-state index in [1.54, 1.807) is 24.3 Å². The third-order valence-corrected chi connectivity index (χ3v) is 9.30. The number of carboxylic acids is 1. The third-order valence-electron chi connectivity index (χ3n) is 7.93. The van der Waals surface area contributed by atoms with Crippen molar-refractivity contribution in [2.75, 3.05) is 18.0 Å². The molecule has 234 valence electrons. The highest BCUT2D eigenvalue weighted by Gasteiger charge is 2.37. The fraction of sp³-hybridized carbons (Fsp3) is 0.312. The molecule has 5 rings (SSSR count). The second kappa shape index (κ2) is 13.5. The number of hydrogen-bond donors (Lipinski definition) is 2. The Balaban J connectivity index is 1.21. The fourth-order valence-electron chi connectivity index (χ4n) is 5.58. The zero-order valence-electron chi connectivity index (χ0n) is 24.0. The maximum atomic E-state index is 15.1. The van der Waals surface area contributed by atoms with Gasteiger partial charge in [-0.25, -0.2) is 13.2 Å². The van der Waals surface area contributed by atoms with E-state index in [1.807, 2.05) is 11.0 Å². The first kappa shape index (κ1) is 31.7. The molecule has 0 saturated carbocycles. The monoisotopic (exact) mass is 638 g/mol. The molecule has 3 aromatic carbocycles. The molecule has 2 aliphatic heterocycles. The van der Waals surface area contributed by atoms with Crippen LogP contribution in [-0.2, 0) is 22.7 Å². The van der Waals surface area contributed by atoms with Gasteiger partial charge < -0.3 is 25.4 Å². The molecular formula is C32H29F3N4O5S. The first-order valence-corrected chi connectivity index (χ1v) is 15.1. The summed E-state index contributed by atoms with van der Waals surface area (Å²) in [6.07, 6.45) is 0.744. The lowest BCUT2D eigenvalue weighted by molar-refractivity contribution is -0.137. The lowest BCUT2D eigenvalue weighted by Crippen LogP contribution is -2.45. The van der Waals surface area contributed by atoms with Crippen LogP contribution in [0.2, 0.25) is 0 Å². The molecule has 45 heavy (non-hydrogen) atoms. The van der Waals surface area contributed by atoms with Crippen LogP contribution >= 0.6 is 11.8 Å². The zero-order valence-corrected chi connectivity index (χ0v) is 24.8. The quantitative estimate of drug-likeness (QED) is 0.300. The number of nitrogens with zero attached hydrogens (tertiary/aromatic N) is 3. The van der Waals surface area contributed by atoms with Crippen molar-refractivity contribution in [2.45, 2.75) is 55.0 Å². The smallest absolute Gasteiger partial charge is 0.303 e. The van der Waals surface area contributed by atoms with E-state index in [0.29, 0.717) is 37.2 Å². The van der Waals surface area contributed by atoms with Gasteiger partial charge in [0.2, 0.25) is 5.91 Å². The number of amides is 2. The first-order valence-electron chi connectivity index (χ1n) is 14.2. The number of carbonyl (C=O) groups is 3. The normalized spacial score (nSPS) is 15.5. The van der Waals surface area contributed by atoms with Crippen molar-refractivity contribution >= 4 is 35.2 Å². The minimum atomic E-state index is -1.13. The van der Waals surface area contributed by atoms with Crippen LogP contribution in [0.4, 0.5) is 18.9 Å². The SMILES string of the molecule is N#Cc1ccc(N2CCC(Sc3cc(F)c(COc4cccc5c4CN(C(CCC(=O)O)C(N)=O)C5=O)cc3F)CC2)c(F)c1. The Kier molecular flexibility index (Phi) is 9.53. The minimum Gasteiger partial charge on any atom is -0.488 e.